The third-order valence-corrected chi connectivity index (χ3v) is 5.87. The zero-order valence-electron chi connectivity index (χ0n) is 21.6. The molecular weight excluding hydrogens is 462 g/mol. The number of carbonyl (C=O) groups excluding carboxylic acids is 3. The van der Waals surface area contributed by atoms with Crippen LogP contribution in [-0.2, 0) is 25.6 Å². The fourth-order valence-electron chi connectivity index (χ4n) is 3.99. The molecule has 0 aliphatic carbocycles. The molecule has 1 aromatic carbocycles. The average Bonchev–Trinajstić information content (AvgIpc) is 3.19. The second kappa shape index (κ2) is 13.1. The van der Waals surface area contributed by atoms with E-state index in [9.17, 15) is 24.3 Å². The maximum absolute atomic E-state index is 13.2. The largest absolute Gasteiger partial charge is 0.480 e. The summed E-state index contributed by atoms with van der Waals surface area (Å²) in [5, 5.41) is 18.1. The Kier molecular flexibility index (Phi) is 10.5. The summed E-state index contributed by atoms with van der Waals surface area (Å²) in [7, 11) is 0. The summed E-state index contributed by atoms with van der Waals surface area (Å²) in [6.45, 7) is 9.08. The van der Waals surface area contributed by atoms with Crippen molar-refractivity contribution in [2.75, 3.05) is 0 Å². The minimum atomic E-state index is -1.14. The highest BCUT2D eigenvalue weighted by molar-refractivity contribution is 5.94. The summed E-state index contributed by atoms with van der Waals surface area (Å²) < 4.78 is 0. The van der Waals surface area contributed by atoms with E-state index in [0.717, 1.165) is 16.5 Å². The topological polar surface area (TPSA) is 166 Å². The lowest BCUT2D eigenvalue weighted by Gasteiger charge is -2.24. The Morgan fingerprint density at radius 1 is 0.861 bits per heavy atom. The maximum Gasteiger partial charge on any atom is 0.326 e. The van der Waals surface area contributed by atoms with Crippen molar-refractivity contribution < 1.29 is 24.3 Å². The van der Waals surface area contributed by atoms with E-state index in [2.05, 4.69) is 20.9 Å². The number of amides is 3. The van der Waals surface area contributed by atoms with Crippen LogP contribution >= 0.6 is 0 Å². The van der Waals surface area contributed by atoms with Crippen LogP contribution in [0.1, 0.15) is 53.0 Å². The number of rotatable bonds is 13. The van der Waals surface area contributed by atoms with Gasteiger partial charge >= 0.3 is 5.97 Å². The van der Waals surface area contributed by atoms with Crippen LogP contribution in [0.3, 0.4) is 0 Å². The van der Waals surface area contributed by atoms with Crippen LogP contribution in [0.5, 0.6) is 0 Å². The number of hydrogen-bond acceptors (Lipinski definition) is 5. The molecule has 10 heteroatoms. The average molecular weight is 502 g/mol. The van der Waals surface area contributed by atoms with Gasteiger partial charge in [0, 0.05) is 23.5 Å². The van der Waals surface area contributed by atoms with Gasteiger partial charge in [-0.1, -0.05) is 45.9 Å². The molecule has 2 aromatic rings. The number of nitrogens with one attached hydrogen (secondary N) is 4. The number of aliphatic carboxylic acids is 1. The number of benzene rings is 1. The Hall–Kier alpha value is -3.40. The van der Waals surface area contributed by atoms with Crippen molar-refractivity contribution in [2.45, 2.75) is 78.0 Å². The van der Waals surface area contributed by atoms with Gasteiger partial charge in [-0.05, 0) is 43.2 Å². The Morgan fingerprint density at radius 2 is 1.47 bits per heavy atom. The van der Waals surface area contributed by atoms with Crippen LogP contribution in [-0.4, -0.2) is 57.9 Å². The van der Waals surface area contributed by atoms with Crippen molar-refractivity contribution in [2.24, 2.45) is 17.6 Å². The van der Waals surface area contributed by atoms with Gasteiger partial charge in [0.05, 0.1) is 6.04 Å². The Labute approximate surface area is 211 Å². The zero-order chi connectivity index (χ0) is 27.0. The molecule has 2 rings (SSSR count). The van der Waals surface area contributed by atoms with Crippen molar-refractivity contribution in [3.63, 3.8) is 0 Å². The van der Waals surface area contributed by atoms with E-state index in [1.54, 1.807) is 6.20 Å². The Balaban J connectivity index is 2.17. The molecule has 10 nitrogen and oxygen atoms in total. The second-order valence-electron chi connectivity index (χ2n) is 10.1. The number of carboxylic acids is 1. The van der Waals surface area contributed by atoms with Crippen LogP contribution < -0.4 is 21.7 Å². The van der Waals surface area contributed by atoms with Gasteiger partial charge in [-0.2, -0.15) is 0 Å². The van der Waals surface area contributed by atoms with E-state index in [-0.39, 0.29) is 24.7 Å². The second-order valence-corrected chi connectivity index (χ2v) is 10.1. The van der Waals surface area contributed by atoms with Crippen LogP contribution in [0.4, 0.5) is 0 Å². The summed E-state index contributed by atoms with van der Waals surface area (Å²) in [6, 6.07) is 3.75. The van der Waals surface area contributed by atoms with E-state index in [1.807, 2.05) is 52.0 Å². The van der Waals surface area contributed by atoms with Crippen molar-refractivity contribution >= 4 is 34.6 Å². The Bertz CT molecular complexity index is 1060. The molecule has 0 aliphatic rings. The first-order chi connectivity index (χ1) is 16.9. The molecule has 36 heavy (non-hydrogen) atoms. The van der Waals surface area contributed by atoms with E-state index in [4.69, 9.17) is 5.73 Å². The van der Waals surface area contributed by atoms with Gasteiger partial charge in [-0.3, -0.25) is 14.4 Å². The molecule has 7 N–H and O–H groups in total. The maximum atomic E-state index is 13.2. The first-order valence-corrected chi connectivity index (χ1v) is 12.3. The molecule has 198 valence electrons. The molecule has 0 radical (unpaired) electrons. The molecule has 3 amide bonds. The molecule has 0 saturated carbocycles. The highest BCUT2D eigenvalue weighted by atomic mass is 16.4. The number of aromatic nitrogens is 1. The number of nitrogens with two attached hydrogens (primary N) is 1. The van der Waals surface area contributed by atoms with Gasteiger partial charge in [-0.15, -0.1) is 0 Å². The first kappa shape index (κ1) is 28.8. The number of aromatic amines is 1. The highest BCUT2D eigenvalue weighted by Crippen LogP contribution is 2.19. The van der Waals surface area contributed by atoms with Gasteiger partial charge in [0.2, 0.25) is 17.7 Å². The molecule has 0 bridgehead atoms. The number of carbonyl (C=O) groups is 4. The number of hydrogen-bond donors (Lipinski definition) is 6. The summed E-state index contributed by atoms with van der Waals surface area (Å²) in [4.78, 5) is 53.3. The summed E-state index contributed by atoms with van der Waals surface area (Å²) >= 11 is 0. The van der Waals surface area contributed by atoms with Gasteiger partial charge in [0.1, 0.15) is 18.1 Å². The van der Waals surface area contributed by atoms with Crippen LogP contribution in [0.2, 0.25) is 0 Å². The standard InChI is InChI=1S/C26H39N5O5/c1-14(2)10-19(27)24(33)30-21(12-17-13-28-20-9-7-6-8-18(17)20)25(34)29-16(5)23(32)31-22(26(35)36)11-15(3)4/h6-9,13-16,19,21-22,28H,10-12,27H2,1-5H3,(H,29,34)(H,30,33)(H,31,32)(H,35,36). The molecule has 1 heterocycles. The zero-order valence-corrected chi connectivity index (χ0v) is 21.6. The van der Waals surface area contributed by atoms with Crippen molar-refractivity contribution in [3.05, 3.63) is 36.0 Å². The smallest absolute Gasteiger partial charge is 0.326 e. The lowest BCUT2D eigenvalue weighted by Crippen LogP contribution is -2.57. The summed E-state index contributed by atoms with van der Waals surface area (Å²) in [5.74, 6) is -2.53. The number of para-hydroxylation sites is 1. The Morgan fingerprint density at radius 3 is 2.08 bits per heavy atom. The molecule has 0 spiro atoms. The molecule has 0 saturated heterocycles. The lowest BCUT2D eigenvalue weighted by atomic mass is 10.0. The van der Waals surface area contributed by atoms with Crippen molar-refractivity contribution in [1.82, 2.24) is 20.9 Å². The quantitative estimate of drug-likeness (QED) is 0.244. The predicted octanol–water partition coefficient (Wildman–Crippen LogP) is 1.69. The molecule has 0 aliphatic heterocycles. The predicted molar refractivity (Wildman–Crippen MR) is 138 cm³/mol. The van der Waals surface area contributed by atoms with Crippen molar-refractivity contribution in [1.29, 1.82) is 0 Å². The minimum Gasteiger partial charge on any atom is -0.480 e. The summed E-state index contributed by atoms with van der Waals surface area (Å²) in [5.41, 5.74) is 7.75. The van der Waals surface area contributed by atoms with Gasteiger partial charge in [0.15, 0.2) is 0 Å². The molecular formula is C26H39N5O5. The third-order valence-electron chi connectivity index (χ3n) is 5.87. The van der Waals surface area contributed by atoms with Gasteiger partial charge < -0.3 is 31.8 Å². The minimum absolute atomic E-state index is 0.0575. The third kappa shape index (κ3) is 8.37. The van der Waals surface area contributed by atoms with E-state index in [0.29, 0.717) is 6.42 Å². The van der Waals surface area contributed by atoms with Crippen molar-refractivity contribution in [3.8, 4) is 0 Å². The SMILES string of the molecule is CC(C)CC(N)C(=O)NC(Cc1c[nH]c2ccccc12)C(=O)NC(C)C(=O)NC(CC(C)C)C(=O)O. The lowest BCUT2D eigenvalue weighted by molar-refractivity contribution is -0.142. The normalized spacial score (nSPS) is 14.8. The highest BCUT2D eigenvalue weighted by Gasteiger charge is 2.29. The van der Waals surface area contributed by atoms with E-state index >= 15 is 0 Å². The first-order valence-electron chi connectivity index (χ1n) is 12.3. The van der Waals surface area contributed by atoms with Crippen LogP contribution in [0, 0.1) is 11.8 Å². The monoisotopic (exact) mass is 501 g/mol. The molecule has 4 unspecified atom stereocenters. The van der Waals surface area contributed by atoms with Gasteiger partial charge in [-0.25, -0.2) is 4.79 Å². The van der Waals surface area contributed by atoms with Gasteiger partial charge in [0.25, 0.3) is 0 Å². The van der Waals surface area contributed by atoms with Crippen LogP contribution in [0.25, 0.3) is 10.9 Å². The fourth-order valence-corrected chi connectivity index (χ4v) is 3.99. The number of H-pyrrole nitrogens is 1. The molecule has 1 aromatic heterocycles. The number of fused-ring (bicyclic) bond motifs is 1. The fraction of sp³-hybridized carbons (Fsp3) is 0.538. The number of carboxylic acid groups (broad SMARTS) is 1. The summed E-state index contributed by atoms with van der Waals surface area (Å²) in [6.07, 6.45) is 2.67. The van der Waals surface area contributed by atoms with E-state index in [1.165, 1.54) is 6.92 Å². The molecule has 4 atom stereocenters. The molecule has 0 fully saturated rings. The van der Waals surface area contributed by atoms with E-state index < -0.39 is 47.9 Å². The van der Waals surface area contributed by atoms with Crippen LogP contribution in [0.15, 0.2) is 30.5 Å².